The number of amides is 1. The zero-order chi connectivity index (χ0) is 19.6. The van der Waals surface area contributed by atoms with E-state index in [0.29, 0.717) is 18.8 Å². The van der Waals surface area contributed by atoms with Crippen LogP contribution in [0, 0.1) is 0 Å². The van der Waals surface area contributed by atoms with Crippen LogP contribution in [0.1, 0.15) is 20.8 Å². The average Bonchev–Trinajstić information content (AvgIpc) is 2.61. The molecule has 7 nitrogen and oxygen atoms in total. The number of ether oxygens (including phenoxy) is 1. The molecule has 1 N–H and O–H groups in total. The van der Waals surface area contributed by atoms with Gasteiger partial charge < -0.3 is 10.1 Å². The zero-order valence-electron chi connectivity index (χ0n) is 15.1. The number of carbonyl (C=O) groups is 2. The number of allylic oxidation sites excluding steroid dienone is 3. The number of benzene rings is 1. The first-order valence-electron chi connectivity index (χ1n) is 8.21. The van der Waals surface area contributed by atoms with E-state index in [4.69, 9.17) is 4.74 Å². The Kier molecular flexibility index (Phi) is 8.74. The van der Waals surface area contributed by atoms with E-state index in [9.17, 15) is 18.0 Å². The highest BCUT2D eigenvalue weighted by atomic mass is 32.2. The van der Waals surface area contributed by atoms with Gasteiger partial charge in [-0.3, -0.25) is 4.79 Å². The third-order valence-corrected chi connectivity index (χ3v) is 5.39. The second-order valence-electron chi connectivity index (χ2n) is 5.16. The van der Waals surface area contributed by atoms with E-state index in [1.165, 1.54) is 34.7 Å². The van der Waals surface area contributed by atoms with Crippen molar-refractivity contribution in [2.45, 2.75) is 25.7 Å². The van der Waals surface area contributed by atoms with Gasteiger partial charge in [-0.05, 0) is 25.1 Å². The smallest absolute Gasteiger partial charge is 0.331 e. The number of nitrogens with one attached hydrogen (secondary N) is 1. The Balaban J connectivity index is 2.74. The molecule has 0 fully saturated rings. The van der Waals surface area contributed by atoms with Crippen molar-refractivity contribution in [1.82, 2.24) is 4.31 Å². The summed E-state index contributed by atoms with van der Waals surface area (Å²) in [7, 11) is -3.62. The van der Waals surface area contributed by atoms with Crippen molar-refractivity contribution in [1.29, 1.82) is 0 Å². The van der Waals surface area contributed by atoms with E-state index in [0.717, 1.165) is 0 Å². The van der Waals surface area contributed by atoms with E-state index < -0.39 is 28.5 Å². The Hall–Kier alpha value is -2.45. The van der Waals surface area contributed by atoms with Gasteiger partial charge in [0.1, 0.15) is 0 Å². The van der Waals surface area contributed by atoms with E-state index in [1.807, 2.05) is 0 Å². The summed E-state index contributed by atoms with van der Waals surface area (Å²) in [4.78, 5) is 23.3. The fourth-order valence-corrected chi connectivity index (χ4v) is 3.58. The maximum absolute atomic E-state index is 12.5. The van der Waals surface area contributed by atoms with Crippen LogP contribution in [0.3, 0.4) is 0 Å². The van der Waals surface area contributed by atoms with Gasteiger partial charge in [-0.2, -0.15) is 4.31 Å². The molecule has 0 aliphatic heterocycles. The third-order valence-electron chi connectivity index (χ3n) is 3.34. The molecule has 142 valence electrons. The van der Waals surface area contributed by atoms with E-state index in [2.05, 4.69) is 5.32 Å². The predicted octanol–water partition coefficient (Wildman–Crippen LogP) is 2.33. The van der Waals surface area contributed by atoms with E-state index >= 15 is 0 Å². The maximum Gasteiger partial charge on any atom is 0.331 e. The van der Waals surface area contributed by atoms with Crippen LogP contribution in [0.5, 0.6) is 0 Å². The molecule has 1 aromatic rings. The second-order valence-corrected chi connectivity index (χ2v) is 7.10. The fourth-order valence-electron chi connectivity index (χ4n) is 2.07. The van der Waals surface area contributed by atoms with E-state index in [-0.39, 0.29) is 4.90 Å². The lowest BCUT2D eigenvalue weighted by Crippen LogP contribution is -2.30. The molecule has 1 rings (SSSR count). The average molecular weight is 380 g/mol. The topological polar surface area (TPSA) is 92.8 Å². The van der Waals surface area contributed by atoms with Gasteiger partial charge in [0.25, 0.3) is 5.91 Å². The lowest BCUT2D eigenvalue weighted by molar-refractivity contribution is -0.142. The normalized spacial score (nSPS) is 12.0. The van der Waals surface area contributed by atoms with Crippen LogP contribution in [0.2, 0.25) is 0 Å². The molecule has 0 saturated heterocycles. The number of rotatable bonds is 9. The minimum Gasteiger partial charge on any atom is -0.452 e. The number of anilines is 1. The van der Waals surface area contributed by atoms with Crippen molar-refractivity contribution < 1.29 is 22.7 Å². The number of hydrogen-bond acceptors (Lipinski definition) is 5. The highest BCUT2D eigenvalue weighted by Gasteiger charge is 2.21. The molecule has 0 aliphatic rings. The summed E-state index contributed by atoms with van der Waals surface area (Å²) in [6, 6.07) is 5.94. The molecule has 0 atom stereocenters. The van der Waals surface area contributed by atoms with Crippen LogP contribution >= 0.6 is 0 Å². The Bertz CT molecular complexity index is 781. The van der Waals surface area contributed by atoms with Gasteiger partial charge in [0.15, 0.2) is 6.61 Å². The highest BCUT2D eigenvalue weighted by Crippen LogP contribution is 2.19. The SMILES string of the molecule is C/C=C/C=C/C(=O)OCC(=O)Nc1cccc(S(=O)(=O)N(CC)CC)c1. The Morgan fingerprint density at radius 2 is 1.88 bits per heavy atom. The summed E-state index contributed by atoms with van der Waals surface area (Å²) in [5.74, 6) is -1.20. The summed E-state index contributed by atoms with van der Waals surface area (Å²) in [6.07, 6.45) is 6.10. The van der Waals surface area contributed by atoms with Crippen LogP contribution < -0.4 is 5.32 Å². The summed E-state index contributed by atoms with van der Waals surface area (Å²) >= 11 is 0. The van der Waals surface area contributed by atoms with Crippen LogP contribution in [-0.2, 0) is 24.3 Å². The number of nitrogens with zero attached hydrogens (tertiary/aromatic N) is 1. The molecular weight excluding hydrogens is 356 g/mol. The second kappa shape index (κ2) is 10.5. The fraction of sp³-hybridized carbons (Fsp3) is 0.333. The first-order valence-corrected chi connectivity index (χ1v) is 9.65. The number of esters is 1. The molecule has 0 aliphatic carbocycles. The lowest BCUT2D eigenvalue weighted by atomic mass is 10.3. The highest BCUT2D eigenvalue weighted by molar-refractivity contribution is 7.89. The number of carbonyl (C=O) groups excluding carboxylic acids is 2. The lowest BCUT2D eigenvalue weighted by Gasteiger charge is -2.18. The molecule has 0 unspecified atom stereocenters. The molecule has 0 heterocycles. The van der Waals surface area contributed by atoms with Gasteiger partial charge in [0.2, 0.25) is 10.0 Å². The van der Waals surface area contributed by atoms with Crippen LogP contribution in [0.15, 0.2) is 53.5 Å². The van der Waals surface area contributed by atoms with Crippen LogP contribution in [-0.4, -0.2) is 44.3 Å². The standard InChI is InChI=1S/C18H24N2O5S/c1-4-7-8-12-18(22)25-14-17(21)19-15-10-9-11-16(13-15)26(23,24)20(5-2)6-3/h4,7-13H,5-6,14H2,1-3H3,(H,19,21)/b7-4+,12-8+. The molecular formula is C18H24N2O5S. The van der Waals surface area contributed by atoms with Gasteiger partial charge in [0, 0.05) is 24.9 Å². The Morgan fingerprint density at radius 3 is 2.50 bits per heavy atom. The van der Waals surface area contributed by atoms with Crippen molar-refractivity contribution in [2.24, 2.45) is 0 Å². The summed E-state index contributed by atoms with van der Waals surface area (Å²) < 4.78 is 31.1. The molecule has 0 bridgehead atoms. The van der Waals surface area contributed by atoms with Crippen LogP contribution in [0.4, 0.5) is 5.69 Å². The third kappa shape index (κ3) is 6.45. The van der Waals surface area contributed by atoms with Crippen molar-refractivity contribution in [3.63, 3.8) is 0 Å². The molecule has 1 amide bonds. The number of hydrogen-bond donors (Lipinski definition) is 1. The zero-order valence-corrected chi connectivity index (χ0v) is 16.0. The van der Waals surface area contributed by atoms with Crippen molar-refractivity contribution in [3.05, 3.63) is 48.6 Å². The Labute approximate surface area is 154 Å². The summed E-state index contributed by atoms with van der Waals surface area (Å²) in [6.45, 7) is 5.56. The quantitative estimate of drug-likeness (QED) is 0.403. The predicted molar refractivity (Wildman–Crippen MR) is 100 cm³/mol. The van der Waals surface area contributed by atoms with Crippen LogP contribution in [0.25, 0.3) is 0 Å². The molecule has 26 heavy (non-hydrogen) atoms. The molecule has 0 aromatic heterocycles. The van der Waals surface area contributed by atoms with Crippen molar-refractivity contribution in [2.75, 3.05) is 25.0 Å². The van der Waals surface area contributed by atoms with Gasteiger partial charge in [-0.1, -0.05) is 38.1 Å². The van der Waals surface area contributed by atoms with Crippen molar-refractivity contribution in [3.8, 4) is 0 Å². The van der Waals surface area contributed by atoms with Gasteiger partial charge in [-0.15, -0.1) is 0 Å². The van der Waals surface area contributed by atoms with Gasteiger partial charge in [-0.25, -0.2) is 13.2 Å². The largest absolute Gasteiger partial charge is 0.452 e. The Morgan fingerprint density at radius 1 is 1.19 bits per heavy atom. The summed E-state index contributed by atoms with van der Waals surface area (Å²) in [5, 5.41) is 2.51. The molecule has 1 aromatic carbocycles. The first kappa shape index (κ1) is 21.6. The molecule has 0 spiro atoms. The molecule has 8 heteroatoms. The monoisotopic (exact) mass is 380 g/mol. The molecule has 0 saturated carbocycles. The van der Waals surface area contributed by atoms with E-state index in [1.54, 1.807) is 39.0 Å². The first-order chi connectivity index (χ1) is 12.3. The molecule has 0 radical (unpaired) electrons. The summed E-state index contributed by atoms with van der Waals surface area (Å²) in [5.41, 5.74) is 0.309. The minimum absolute atomic E-state index is 0.0882. The van der Waals surface area contributed by atoms with Gasteiger partial charge in [0.05, 0.1) is 4.90 Å². The van der Waals surface area contributed by atoms with Gasteiger partial charge >= 0.3 is 5.97 Å². The van der Waals surface area contributed by atoms with Crippen molar-refractivity contribution >= 4 is 27.6 Å². The maximum atomic E-state index is 12.5. The minimum atomic E-state index is -3.62. The number of sulfonamides is 1.